The van der Waals surface area contributed by atoms with Crippen molar-refractivity contribution in [3.8, 4) is 0 Å². The fourth-order valence-electron chi connectivity index (χ4n) is 6.33. The molecule has 0 aromatic carbocycles. The average Bonchev–Trinajstić information content (AvgIpc) is 2.30. The Morgan fingerprint density at radius 2 is 1.45 bits per heavy atom. The van der Waals surface area contributed by atoms with Gasteiger partial charge < -0.3 is 9.84 Å². The van der Waals surface area contributed by atoms with E-state index in [0.717, 1.165) is 39.2 Å². The van der Waals surface area contributed by atoms with Crippen molar-refractivity contribution in [2.45, 2.75) is 57.9 Å². The van der Waals surface area contributed by atoms with Crippen molar-refractivity contribution in [2.75, 3.05) is 32.8 Å². The fourth-order valence-corrected chi connectivity index (χ4v) is 6.33. The van der Waals surface area contributed by atoms with Gasteiger partial charge in [-0.1, -0.05) is 0 Å². The van der Waals surface area contributed by atoms with Gasteiger partial charge in [0.1, 0.15) is 0 Å². The van der Waals surface area contributed by atoms with E-state index in [9.17, 15) is 5.11 Å². The van der Waals surface area contributed by atoms with Gasteiger partial charge in [0.2, 0.25) is 5.66 Å². The SMILES string of the molecule is CC1(C)CC2(CCO1)[NH+]1CC3(C)C[NH+]2CC(C)(C1)C3O. The minimum atomic E-state index is -0.118. The third-order valence-corrected chi connectivity index (χ3v) is 6.89. The van der Waals surface area contributed by atoms with Crippen molar-refractivity contribution in [3.05, 3.63) is 0 Å². The summed E-state index contributed by atoms with van der Waals surface area (Å²) in [6.45, 7) is 14.6. The molecule has 5 saturated heterocycles. The summed E-state index contributed by atoms with van der Waals surface area (Å²) in [6.07, 6.45) is 2.23. The third-order valence-electron chi connectivity index (χ3n) is 6.89. The van der Waals surface area contributed by atoms with Crippen LogP contribution in [0, 0.1) is 10.8 Å². The molecule has 5 fully saturated rings. The maximum Gasteiger partial charge on any atom is 0.227 e. The molecule has 0 radical (unpaired) electrons. The van der Waals surface area contributed by atoms with Gasteiger partial charge in [0.15, 0.2) is 0 Å². The highest BCUT2D eigenvalue weighted by molar-refractivity contribution is 5.03. The predicted octanol–water partition coefficient (Wildman–Crippen LogP) is -1.54. The second-order valence-corrected chi connectivity index (χ2v) is 9.24. The highest BCUT2D eigenvalue weighted by Gasteiger charge is 2.73. The molecule has 0 amide bonds. The van der Waals surface area contributed by atoms with Gasteiger partial charge in [-0.3, -0.25) is 9.80 Å². The van der Waals surface area contributed by atoms with Gasteiger partial charge in [-0.25, -0.2) is 0 Å². The Labute approximate surface area is 122 Å². The first-order valence-electron chi connectivity index (χ1n) is 8.22. The van der Waals surface area contributed by atoms with Gasteiger partial charge in [0.25, 0.3) is 0 Å². The van der Waals surface area contributed by atoms with E-state index in [2.05, 4.69) is 27.7 Å². The Hall–Kier alpha value is -0.160. The van der Waals surface area contributed by atoms with E-state index in [-0.39, 0.29) is 22.5 Å². The van der Waals surface area contributed by atoms with Crippen LogP contribution in [-0.2, 0) is 4.74 Å². The largest absolute Gasteiger partial charge is 0.391 e. The van der Waals surface area contributed by atoms with E-state index in [4.69, 9.17) is 4.74 Å². The molecule has 0 aromatic heterocycles. The molecule has 1 spiro atoms. The van der Waals surface area contributed by atoms with E-state index in [1.54, 1.807) is 9.80 Å². The third kappa shape index (κ3) is 1.51. The summed E-state index contributed by atoms with van der Waals surface area (Å²) < 4.78 is 5.99. The van der Waals surface area contributed by atoms with Crippen LogP contribution >= 0.6 is 0 Å². The average molecular weight is 282 g/mol. The van der Waals surface area contributed by atoms with Crippen LogP contribution in [-0.4, -0.2) is 55.3 Å². The van der Waals surface area contributed by atoms with E-state index in [1.165, 1.54) is 6.42 Å². The van der Waals surface area contributed by atoms with Crippen LogP contribution < -0.4 is 9.80 Å². The molecule has 5 heterocycles. The van der Waals surface area contributed by atoms with Gasteiger partial charge in [0, 0.05) is 0 Å². The van der Waals surface area contributed by atoms with Crippen molar-refractivity contribution >= 4 is 0 Å². The zero-order chi connectivity index (χ0) is 14.4. The molecule has 4 nitrogen and oxygen atoms in total. The molecule has 5 aliphatic rings. The molecule has 0 unspecified atom stereocenters. The van der Waals surface area contributed by atoms with E-state index < -0.39 is 0 Å². The first kappa shape index (κ1) is 13.5. The molecule has 5 rings (SSSR count). The molecular weight excluding hydrogens is 252 g/mol. The minimum absolute atomic E-state index is 0.00798. The van der Waals surface area contributed by atoms with Crippen molar-refractivity contribution in [2.24, 2.45) is 10.8 Å². The van der Waals surface area contributed by atoms with Gasteiger partial charge in [0.05, 0.1) is 68.2 Å². The summed E-state index contributed by atoms with van der Waals surface area (Å²) in [5.41, 5.74) is 0.585. The number of ether oxygens (including phenoxy) is 1. The molecule has 4 bridgehead atoms. The Balaban J connectivity index is 1.74. The summed E-state index contributed by atoms with van der Waals surface area (Å²) in [6, 6.07) is 0. The zero-order valence-electron chi connectivity index (χ0n) is 13.4. The van der Waals surface area contributed by atoms with Crippen LogP contribution in [0.1, 0.15) is 40.5 Å². The van der Waals surface area contributed by atoms with Gasteiger partial charge >= 0.3 is 0 Å². The first-order valence-corrected chi connectivity index (χ1v) is 8.22. The summed E-state index contributed by atoms with van der Waals surface area (Å²) >= 11 is 0. The van der Waals surface area contributed by atoms with Crippen molar-refractivity contribution < 1.29 is 19.6 Å². The van der Waals surface area contributed by atoms with Gasteiger partial charge in [-0.15, -0.1) is 0 Å². The topological polar surface area (TPSA) is 38.3 Å². The number of rotatable bonds is 0. The highest BCUT2D eigenvalue weighted by atomic mass is 16.5. The second-order valence-electron chi connectivity index (χ2n) is 9.24. The van der Waals surface area contributed by atoms with Crippen LogP contribution in [0.5, 0.6) is 0 Å². The predicted molar refractivity (Wildman–Crippen MR) is 75.6 cm³/mol. The van der Waals surface area contributed by atoms with Crippen LogP contribution in [0.2, 0.25) is 0 Å². The van der Waals surface area contributed by atoms with Gasteiger partial charge in [-0.2, -0.15) is 0 Å². The number of aliphatic hydroxyl groups excluding tert-OH is 1. The van der Waals surface area contributed by atoms with E-state index >= 15 is 0 Å². The molecular formula is C16H30N2O2+2. The summed E-state index contributed by atoms with van der Waals surface area (Å²) in [4.78, 5) is 3.49. The zero-order valence-corrected chi connectivity index (χ0v) is 13.4. The van der Waals surface area contributed by atoms with E-state index in [0.29, 0.717) is 5.66 Å². The van der Waals surface area contributed by atoms with Crippen LogP contribution in [0.3, 0.4) is 0 Å². The van der Waals surface area contributed by atoms with Gasteiger partial charge in [-0.05, 0) is 27.7 Å². The molecule has 20 heavy (non-hydrogen) atoms. The monoisotopic (exact) mass is 282 g/mol. The van der Waals surface area contributed by atoms with Crippen molar-refractivity contribution in [3.63, 3.8) is 0 Å². The number of hydrogen-bond donors (Lipinski definition) is 3. The molecule has 114 valence electrons. The lowest BCUT2D eigenvalue weighted by Gasteiger charge is -2.68. The summed E-state index contributed by atoms with van der Waals surface area (Å²) in [5.74, 6) is 0. The lowest BCUT2D eigenvalue weighted by atomic mass is 9.58. The standard InChI is InChI=1S/C16H28N2O2/c1-13(2)7-16(5-6-20-13)17-8-14(3)9-18(16)11-15(4,10-17)12(14)19/h12,19H,5-11H2,1-4H3/p+2. The lowest BCUT2D eigenvalue weighted by Crippen LogP contribution is -3.49. The summed E-state index contributed by atoms with van der Waals surface area (Å²) in [7, 11) is 0. The minimum Gasteiger partial charge on any atom is -0.391 e. The summed E-state index contributed by atoms with van der Waals surface area (Å²) in [5, 5.41) is 10.8. The Morgan fingerprint density at radius 1 is 0.950 bits per heavy atom. The Morgan fingerprint density at radius 3 is 1.90 bits per heavy atom. The number of hydrogen-bond acceptors (Lipinski definition) is 2. The quantitative estimate of drug-likeness (QED) is 0.504. The number of piperidine rings is 2. The smallest absolute Gasteiger partial charge is 0.227 e. The second kappa shape index (κ2) is 3.60. The maximum absolute atomic E-state index is 10.8. The number of aliphatic hydroxyl groups is 1. The normalized spacial score (nSPS) is 60.1. The van der Waals surface area contributed by atoms with Crippen LogP contribution in [0.15, 0.2) is 0 Å². The maximum atomic E-state index is 10.8. The lowest BCUT2D eigenvalue weighted by molar-refractivity contribution is -1.21. The molecule has 3 N–H and O–H groups in total. The van der Waals surface area contributed by atoms with E-state index in [1.807, 2.05) is 0 Å². The molecule has 5 aliphatic heterocycles. The Kier molecular flexibility index (Phi) is 2.43. The highest BCUT2D eigenvalue weighted by Crippen LogP contribution is 2.42. The molecule has 0 saturated carbocycles. The first-order chi connectivity index (χ1) is 9.19. The molecule has 0 aliphatic carbocycles. The van der Waals surface area contributed by atoms with Crippen LogP contribution in [0.25, 0.3) is 0 Å². The molecule has 4 heteroatoms. The number of quaternary nitrogens is 2. The number of nitrogens with one attached hydrogen (secondary N) is 2. The molecule has 0 aromatic rings. The van der Waals surface area contributed by atoms with Crippen molar-refractivity contribution in [1.82, 2.24) is 0 Å². The van der Waals surface area contributed by atoms with Crippen LogP contribution in [0.4, 0.5) is 0 Å². The Bertz CT molecular complexity index is 410. The van der Waals surface area contributed by atoms with Crippen molar-refractivity contribution in [1.29, 1.82) is 0 Å². The molecule has 0 atom stereocenters. The fraction of sp³-hybridized carbons (Fsp3) is 1.00.